The first-order chi connectivity index (χ1) is 9.45. The normalized spacial score (nSPS) is 18.7. The van der Waals surface area contributed by atoms with E-state index in [-0.39, 0.29) is 23.9 Å². The summed E-state index contributed by atoms with van der Waals surface area (Å²) in [5, 5.41) is 15.9. The molecule has 2 rings (SSSR count). The second-order valence-electron chi connectivity index (χ2n) is 4.12. The molecule has 1 aromatic rings. The molecule has 1 aromatic heterocycles. The molecule has 2 N–H and O–H groups in total. The summed E-state index contributed by atoms with van der Waals surface area (Å²) in [5.74, 6) is -1.11. The molecule has 106 valence electrons. The van der Waals surface area contributed by atoms with Crippen LogP contribution < -0.4 is 15.5 Å². The molecule has 0 spiro atoms. The van der Waals surface area contributed by atoms with Gasteiger partial charge in [-0.05, 0) is 6.92 Å². The summed E-state index contributed by atoms with van der Waals surface area (Å²) in [5.41, 5.74) is -0.371. The molecular weight excluding hydrogens is 268 g/mol. The minimum atomic E-state index is -0.744. The van der Waals surface area contributed by atoms with Gasteiger partial charge in [0.05, 0.1) is 11.5 Å². The van der Waals surface area contributed by atoms with Crippen molar-refractivity contribution in [3.63, 3.8) is 0 Å². The number of imide groups is 1. The van der Waals surface area contributed by atoms with Gasteiger partial charge < -0.3 is 10.2 Å². The molecule has 0 saturated carbocycles. The molecule has 20 heavy (non-hydrogen) atoms. The van der Waals surface area contributed by atoms with Gasteiger partial charge in [-0.1, -0.05) is 0 Å². The number of carbonyl (C=O) groups is 2. The minimum Gasteiger partial charge on any atom is -0.367 e. The molecule has 1 unspecified atom stereocenters. The van der Waals surface area contributed by atoms with Crippen LogP contribution in [0, 0.1) is 10.1 Å². The fraction of sp³-hybridized carbons (Fsp3) is 0.400. The zero-order valence-electron chi connectivity index (χ0n) is 10.8. The molecule has 1 fully saturated rings. The van der Waals surface area contributed by atoms with E-state index in [0.717, 1.165) is 6.33 Å². The molecule has 2 amide bonds. The smallest absolute Gasteiger partial charge is 0.353 e. The predicted octanol–water partition coefficient (Wildman–Crippen LogP) is -0.722. The molecule has 1 aliphatic rings. The lowest BCUT2D eigenvalue weighted by Gasteiger charge is -2.32. The van der Waals surface area contributed by atoms with Crippen LogP contribution in [0.5, 0.6) is 0 Å². The number of nitro groups is 1. The van der Waals surface area contributed by atoms with Crippen LogP contribution in [0.3, 0.4) is 0 Å². The van der Waals surface area contributed by atoms with Crippen molar-refractivity contribution >= 4 is 29.1 Å². The molecule has 1 saturated heterocycles. The van der Waals surface area contributed by atoms with Crippen molar-refractivity contribution in [3.8, 4) is 0 Å². The molecule has 0 bridgehead atoms. The van der Waals surface area contributed by atoms with Crippen LogP contribution in [0.2, 0.25) is 0 Å². The average molecular weight is 280 g/mol. The highest BCUT2D eigenvalue weighted by molar-refractivity contribution is 6.04. The first-order valence-electron chi connectivity index (χ1n) is 5.73. The number of hydrogen-bond acceptors (Lipinski definition) is 8. The predicted molar refractivity (Wildman–Crippen MR) is 68.2 cm³/mol. The maximum atomic E-state index is 11.6. The SMILES string of the molecule is CNc1ncnc(N2CC(=O)NC(=O)C2C)c1[N+](=O)[O-]. The van der Waals surface area contributed by atoms with Crippen molar-refractivity contribution < 1.29 is 14.5 Å². The highest BCUT2D eigenvalue weighted by atomic mass is 16.6. The van der Waals surface area contributed by atoms with Gasteiger partial charge in [0, 0.05) is 7.05 Å². The van der Waals surface area contributed by atoms with E-state index in [1.807, 2.05) is 0 Å². The Bertz CT molecular complexity index is 589. The largest absolute Gasteiger partial charge is 0.367 e. The molecule has 0 radical (unpaired) electrons. The molecular formula is C10H12N6O4. The third kappa shape index (κ3) is 2.22. The van der Waals surface area contributed by atoms with Gasteiger partial charge in [-0.3, -0.25) is 25.0 Å². The Morgan fingerprint density at radius 3 is 2.80 bits per heavy atom. The quantitative estimate of drug-likeness (QED) is 0.421. The van der Waals surface area contributed by atoms with E-state index in [9.17, 15) is 19.7 Å². The summed E-state index contributed by atoms with van der Waals surface area (Å²) in [6.45, 7) is 1.35. The van der Waals surface area contributed by atoms with Crippen LogP contribution in [0.25, 0.3) is 0 Å². The van der Waals surface area contributed by atoms with Gasteiger partial charge in [0.1, 0.15) is 12.4 Å². The minimum absolute atomic E-state index is 0.0191. The maximum absolute atomic E-state index is 11.6. The fourth-order valence-corrected chi connectivity index (χ4v) is 1.90. The Morgan fingerprint density at radius 1 is 1.50 bits per heavy atom. The zero-order valence-corrected chi connectivity index (χ0v) is 10.8. The van der Waals surface area contributed by atoms with Crippen molar-refractivity contribution in [3.05, 3.63) is 16.4 Å². The van der Waals surface area contributed by atoms with Gasteiger partial charge in [-0.25, -0.2) is 9.97 Å². The average Bonchev–Trinajstić information content (AvgIpc) is 2.41. The maximum Gasteiger partial charge on any atom is 0.353 e. The molecule has 0 aromatic carbocycles. The molecule has 10 nitrogen and oxygen atoms in total. The van der Waals surface area contributed by atoms with E-state index < -0.39 is 22.8 Å². The van der Waals surface area contributed by atoms with Gasteiger partial charge in [-0.15, -0.1) is 0 Å². The van der Waals surface area contributed by atoms with Crippen LogP contribution in [0.15, 0.2) is 6.33 Å². The molecule has 10 heteroatoms. The summed E-state index contributed by atoms with van der Waals surface area (Å²) in [7, 11) is 1.48. The Balaban J connectivity index is 2.54. The van der Waals surface area contributed by atoms with Crippen LogP contribution in [0.4, 0.5) is 17.3 Å². The van der Waals surface area contributed by atoms with E-state index in [0.29, 0.717) is 0 Å². The van der Waals surface area contributed by atoms with Crippen LogP contribution in [0.1, 0.15) is 6.92 Å². The molecule has 0 aliphatic carbocycles. The lowest BCUT2D eigenvalue weighted by atomic mass is 10.2. The van der Waals surface area contributed by atoms with Gasteiger partial charge in [0.15, 0.2) is 0 Å². The number of hydrogen-bond donors (Lipinski definition) is 2. The topological polar surface area (TPSA) is 130 Å². The highest BCUT2D eigenvalue weighted by Crippen LogP contribution is 2.32. The van der Waals surface area contributed by atoms with Crippen molar-refractivity contribution in [1.29, 1.82) is 0 Å². The van der Waals surface area contributed by atoms with Crippen LogP contribution in [-0.2, 0) is 9.59 Å². The number of amides is 2. The van der Waals surface area contributed by atoms with E-state index in [2.05, 4.69) is 20.6 Å². The van der Waals surface area contributed by atoms with Crippen molar-refractivity contribution in [2.75, 3.05) is 23.8 Å². The number of nitrogens with one attached hydrogen (secondary N) is 2. The Kier molecular flexibility index (Phi) is 3.46. The lowest BCUT2D eigenvalue weighted by Crippen LogP contribution is -2.57. The third-order valence-electron chi connectivity index (χ3n) is 2.92. The summed E-state index contributed by atoms with van der Waals surface area (Å²) in [6, 6.07) is -0.744. The monoisotopic (exact) mass is 280 g/mol. The Labute approximate surface area is 113 Å². The molecule has 1 atom stereocenters. The van der Waals surface area contributed by atoms with Crippen molar-refractivity contribution in [2.45, 2.75) is 13.0 Å². The highest BCUT2D eigenvalue weighted by Gasteiger charge is 2.36. The van der Waals surface area contributed by atoms with Crippen molar-refractivity contribution in [2.24, 2.45) is 0 Å². The first kappa shape index (κ1) is 13.6. The van der Waals surface area contributed by atoms with Gasteiger partial charge in [-0.2, -0.15) is 0 Å². The summed E-state index contributed by atoms with van der Waals surface area (Å²) < 4.78 is 0. The number of aromatic nitrogens is 2. The van der Waals surface area contributed by atoms with Crippen molar-refractivity contribution in [1.82, 2.24) is 15.3 Å². The molecule has 1 aliphatic heterocycles. The number of nitrogens with zero attached hydrogens (tertiary/aromatic N) is 4. The van der Waals surface area contributed by atoms with Crippen LogP contribution in [-0.4, -0.2) is 46.3 Å². The summed E-state index contributed by atoms with van der Waals surface area (Å²) in [6.07, 6.45) is 1.14. The number of rotatable bonds is 3. The molecule has 2 heterocycles. The Morgan fingerprint density at radius 2 is 2.20 bits per heavy atom. The third-order valence-corrected chi connectivity index (χ3v) is 2.92. The second kappa shape index (κ2) is 5.07. The number of carbonyl (C=O) groups excluding carboxylic acids is 2. The summed E-state index contributed by atoms with van der Waals surface area (Å²) >= 11 is 0. The second-order valence-corrected chi connectivity index (χ2v) is 4.12. The fourth-order valence-electron chi connectivity index (χ4n) is 1.90. The van der Waals surface area contributed by atoms with E-state index in [1.54, 1.807) is 0 Å². The Hall–Kier alpha value is -2.78. The van der Waals surface area contributed by atoms with E-state index >= 15 is 0 Å². The zero-order chi connectivity index (χ0) is 14.9. The van der Waals surface area contributed by atoms with Gasteiger partial charge in [0.25, 0.3) is 0 Å². The van der Waals surface area contributed by atoms with E-state index in [1.165, 1.54) is 18.9 Å². The lowest BCUT2D eigenvalue weighted by molar-refractivity contribution is -0.383. The number of anilines is 2. The van der Waals surface area contributed by atoms with E-state index in [4.69, 9.17) is 0 Å². The standard InChI is InChI=1S/C10H12N6O4/c1-5-10(18)14-6(17)3-15(5)9-7(16(19)20)8(11-2)12-4-13-9/h4-5H,3H2,1-2H3,(H,11,12,13)(H,14,17,18). The number of piperazine rings is 1. The summed E-state index contributed by atoms with van der Waals surface area (Å²) in [4.78, 5) is 42.5. The van der Waals surface area contributed by atoms with Crippen LogP contribution >= 0.6 is 0 Å². The van der Waals surface area contributed by atoms with Gasteiger partial charge in [0.2, 0.25) is 23.5 Å². The first-order valence-corrected chi connectivity index (χ1v) is 5.73. The van der Waals surface area contributed by atoms with Gasteiger partial charge >= 0.3 is 5.69 Å².